The van der Waals surface area contributed by atoms with Gasteiger partial charge in [-0.25, -0.2) is 13.1 Å². The SMILES string of the molecule is Cc1ccc(-c2nn(-c3ccccc3)cc2CNCCS(C)(=O)=O)cc1. The monoisotopic (exact) mass is 369 g/mol. The summed E-state index contributed by atoms with van der Waals surface area (Å²) >= 11 is 0. The van der Waals surface area contributed by atoms with Crippen molar-refractivity contribution in [2.24, 2.45) is 0 Å². The van der Waals surface area contributed by atoms with Gasteiger partial charge in [0.1, 0.15) is 9.84 Å². The third-order valence-electron chi connectivity index (χ3n) is 4.10. The van der Waals surface area contributed by atoms with E-state index in [4.69, 9.17) is 5.10 Å². The third-order valence-corrected chi connectivity index (χ3v) is 5.05. The molecule has 1 aromatic heterocycles. The number of rotatable bonds is 7. The Bertz CT molecular complexity index is 962. The van der Waals surface area contributed by atoms with Crippen molar-refractivity contribution in [3.63, 3.8) is 0 Å². The Labute approximate surface area is 154 Å². The first kappa shape index (κ1) is 18.4. The van der Waals surface area contributed by atoms with Gasteiger partial charge < -0.3 is 5.32 Å². The Morgan fingerprint density at radius 3 is 2.38 bits per heavy atom. The highest BCUT2D eigenvalue weighted by Gasteiger charge is 2.12. The lowest BCUT2D eigenvalue weighted by Crippen LogP contribution is -2.22. The fraction of sp³-hybridized carbons (Fsp3) is 0.250. The maximum atomic E-state index is 11.3. The molecule has 0 unspecified atom stereocenters. The first-order valence-corrected chi connectivity index (χ1v) is 10.6. The first-order chi connectivity index (χ1) is 12.4. The number of hydrogen-bond donors (Lipinski definition) is 1. The van der Waals surface area contributed by atoms with Crippen LogP contribution in [0.15, 0.2) is 60.8 Å². The number of nitrogens with one attached hydrogen (secondary N) is 1. The van der Waals surface area contributed by atoms with Gasteiger partial charge in [0.05, 0.1) is 17.1 Å². The molecule has 1 heterocycles. The minimum Gasteiger partial charge on any atom is -0.312 e. The average Bonchev–Trinajstić information content (AvgIpc) is 3.04. The van der Waals surface area contributed by atoms with E-state index in [9.17, 15) is 8.42 Å². The van der Waals surface area contributed by atoms with Crippen molar-refractivity contribution in [1.29, 1.82) is 0 Å². The summed E-state index contributed by atoms with van der Waals surface area (Å²) in [6.07, 6.45) is 3.25. The van der Waals surface area contributed by atoms with Crippen molar-refractivity contribution in [2.75, 3.05) is 18.6 Å². The van der Waals surface area contributed by atoms with Crippen molar-refractivity contribution in [3.05, 3.63) is 71.9 Å². The van der Waals surface area contributed by atoms with Gasteiger partial charge in [0, 0.05) is 36.7 Å². The summed E-state index contributed by atoms with van der Waals surface area (Å²) in [4.78, 5) is 0. The molecule has 0 saturated heterocycles. The average molecular weight is 369 g/mol. The number of benzene rings is 2. The Kier molecular flexibility index (Phi) is 5.54. The number of hydrogen-bond acceptors (Lipinski definition) is 4. The summed E-state index contributed by atoms with van der Waals surface area (Å²) in [6.45, 7) is 3.04. The van der Waals surface area contributed by atoms with Crippen LogP contribution >= 0.6 is 0 Å². The van der Waals surface area contributed by atoms with Crippen LogP contribution in [0.5, 0.6) is 0 Å². The first-order valence-electron chi connectivity index (χ1n) is 8.52. The van der Waals surface area contributed by atoms with Crippen molar-refractivity contribution >= 4 is 9.84 Å². The Hall–Kier alpha value is -2.44. The fourth-order valence-electron chi connectivity index (χ4n) is 2.69. The summed E-state index contributed by atoms with van der Waals surface area (Å²) < 4.78 is 24.5. The molecule has 6 heteroatoms. The number of aromatic nitrogens is 2. The molecule has 136 valence electrons. The van der Waals surface area contributed by atoms with E-state index in [0.29, 0.717) is 13.1 Å². The van der Waals surface area contributed by atoms with Gasteiger partial charge in [0.25, 0.3) is 0 Å². The molecule has 0 amide bonds. The second-order valence-electron chi connectivity index (χ2n) is 6.46. The zero-order valence-electron chi connectivity index (χ0n) is 15.0. The summed E-state index contributed by atoms with van der Waals surface area (Å²) in [5.41, 5.74) is 5.17. The molecule has 0 aliphatic heterocycles. The molecule has 26 heavy (non-hydrogen) atoms. The lowest BCUT2D eigenvalue weighted by molar-refractivity contribution is 0.596. The summed E-state index contributed by atoms with van der Waals surface area (Å²) in [7, 11) is -2.97. The number of nitrogens with zero attached hydrogens (tertiary/aromatic N) is 2. The minimum atomic E-state index is -2.97. The van der Waals surface area contributed by atoms with Gasteiger partial charge >= 0.3 is 0 Å². The van der Waals surface area contributed by atoms with Crippen LogP contribution in [0.25, 0.3) is 16.9 Å². The molecule has 0 radical (unpaired) electrons. The van der Waals surface area contributed by atoms with Gasteiger partial charge in [-0.05, 0) is 19.1 Å². The van der Waals surface area contributed by atoms with Gasteiger partial charge in [0.2, 0.25) is 0 Å². The molecule has 0 atom stereocenters. The van der Waals surface area contributed by atoms with Gasteiger partial charge in [0.15, 0.2) is 0 Å². The molecule has 0 fully saturated rings. The van der Waals surface area contributed by atoms with E-state index >= 15 is 0 Å². The van der Waals surface area contributed by atoms with Crippen molar-refractivity contribution in [3.8, 4) is 16.9 Å². The van der Waals surface area contributed by atoms with Crippen LogP contribution in [0.3, 0.4) is 0 Å². The minimum absolute atomic E-state index is 0.125. The number of para-hydroxylation sites is 1. The van der Waals surface area contributed by atoms with Crippen LogP contribution in [0.2, 0.25) is 0 Å². The zero-order chi connectivity index (χ0) is 18.6. The molecule has 3 aromatic rings. The molecule has 0 bridgehead atoms. The maximum absolute atomic E-state index is 11.3. The van der Waals surface area contributed by atoms with E-state index in [1.54, 1.807) is 0 Å². The van der Waals surface area contributed by atoms with Crippen molar-refractivity contribution < 1.29 is 8.42 Å². The van der Waals surface area contributed by atoms with E-state index in [1.165, 1.54) is 11.8 Å². The number of aryl methyl sites for hydroxylation is 1. The van der Waals surface area contributed by atoms with Crippen LogP contribution in [-0.2, 0) is 16.4 Å². The Morgan fingerprint density at radius 2 is 1.73 bits per heavy atom. The normalized spacial score (nSPS) is 11.6. The second kappa shape index (κ2) is 7.85. The molecule has 0 aliphatic carbocycles. The van der Waals surface area contributed by atoms with E-state index in [1.807, 2.05) is 41.2 Å². The van der Waals surface area contributed by atoms with Crippen LogP contribution < -0.4 is 5.32 Å². The topological polar surface area (TPSA) is 64.0 Å². The molecular formula is C20H23N3O2S. The molecule has 5 nitrogen and oxygen atoms in total. The molecular weight excluding hydrogens is 346 g/mol. The van der Waals surface area contributed by atoms with Crippen molar-refractivity contribution in [2.45, 2.75) is 13.5 Å². The maximum Gasteiger partial charge on any atom is 0.148 e. The van der Waals surface area contributed by atoms with E-state index < -0.39 is 9.84 Å². The van der Waals surface area contributed by atoms with Gasteiger partial charge in [-0.3, -0.25) is 0 Å². The standard InChI is InChI=1S/C20H23N3O2S/c1-16-8-10-17(11-9-16)20-18(14-21-12-13-26(2,24)25)15-23(22-20)19-6-4-3-5-7-19/h3-11,15,21H,12-14H2,1-2H3. The molecule has 0 saturated carbocycles. The molecule has 0 spiro atoms. The molecule has 1 N–H and O–H groups in total. The van der Waals surface area contributed by atoms with Crippen LogP contribution in [0.1, 0.15) is 11.1 Å². The van der Waals surface area contributed by atoms with Gasteiger partial charge in [-0.2, -0.15) is 5.10 Å². The highest BCUT2D eigenvalue weighted by molar-refractivity contribution is 7.90. The predicted molar refractivity (Wildman–Crippen MR) is 105 cm³/mol. The van der Waals surface area contributed by atoms with E-state index in [2.05, 4.69) is 36.5 Å². The highest BCUT2D eigenvalue weighted by atomic mass is 32.2. The zero-order valence-corrected chi connectivity index (χ0v) is 15.8. The van der Waals surface area contributed by atoms with E-state index in [0.717, 1.165) is 22.5 Å². The summed E-state index contributed by atoms with van der Waals surface area (Å²) in [5, 5.41) is 7.98. The molecule has 3 rings (SSSR count). The Morgan fingerprint density at radius 1 is 1.04 bits per heavy atom. The second-order valence-corrected chi connectivity index (χ2v) is 8.72. The highest BCUT2D eigenvalue weighted by Crippen LogP contribution is 2.24. The lowest BCUT2D eigenvalue weighted by atomic mass is 10.1. The van der Waals surface area contributed by atoms with E-state index in [-0.39, 0.29) is 5.75 Å². The Balaban J connectivity index is 1.87. The molecule has 0 aliphatic rings. The number of sulfone groups is 1. The smallest absolute Gasteiger partial charge is 0.148 e. The van der Waals surface area contributed by atoms with Gasteiger partial charge in [-0.15, -0.1) is 0 Å². The summed E-state index contributed by atoms with van der Waals surface area (Å²) in [6, 6.07) is 18.2. The largest absolute Gasteiger partial charge is 0.312 e. The van der Waals surface area contributed by atoms with Crippen LogP contribution in [0, 0.1) is 6.92 Å². The van der Waals surface area contributed by atoms with Crippen LogP contribution in [-0.4, -0.2) is 36.8 Å². The summed E-state index contributed by atoms with van der Waals surface area (Å²) in [5.74, 6) is 0.125. The predicted octanol–water partition coefficient (Wildman–Crippen LogP) is 2.98. The quantitative estimate of drug-likeness (QED) is 0.650. The third kappa shape index (κ3) is 4.80. The molecule has 2 aromatic carbocycles. The van der Waals surface area contributed by atoms with Gasteiger partial charge in [-0.1, -0.05) is 48.0 Å². The fourth-order valence-corrected chi connectivity index (χ4v) is 3.20. The van der Waals surface area contributed by atoms with Crippen LogP contribution in [0.4, 0.5) is 0 Å². The van der Waals surface area contributed by atoms with Crippen molar-refractivity contribution in [1.82, 2.24) is 15.1 Å². The lowest BCUT2D eigenvalue weighted by Gasteiger charge is -2.05.